The van der Waals surface area contributed by atoms with E-state index in [9.17, 15) is 5.26 Å². The quantitative estimate of drug-likeness (QED) is 0.171. The average molecular weight is 717 g/mol. The van der Waals surface area contributed by atoms with Crippen LogP contribution >= 0.6 is 0 Å². The summed E-state index contributed by atoms with van der Waals surface area (Å²) in [7, 11) is 0. The van der Waals surface area contributed by atoms with E-state index in [-0.39, 0.29) is 0 Å². The fraction of sp³-hybridized carbons (Fsp3) is 0.0196. The Labute approximate surface area is 324 Å². The van der Waals surface area contributed by atoms with Crippen LogP contribution in [0, 0.1) is 11.3 Å². The minimum Gasteiger partial charge on any atom is -0.457 e. The van der Waals surface area contributed by atoms with E-state index in [2.05, 4.69) is 146 Å². The summed E-state index contributed by atoms with van der Waals surface area (Å²) < 4.78 is 6.78. The monoisotopic (exact) mass is 716 g/mol. The highest BCUT2D eigenvalue weighted by atomic mass is 16.5. The molecule has 10 rings (SSSR count). The molecule has 0 fully saturated rings. The molecule has 1 aliphatic heterocycles. The molecule has 1 aromatic heterocycles. The molecule has 0 amide bonds. The summed E-state index contributed by atoms with van der Waals surface area (Å²) in [5, 5.41) is 11.7. The van der Waals surface area contributed by atoms with Crippen LogP contribution in [0.3, 0.4) is 0 Å². The van der Waals surface area contributed by atoms with Crippen molar-refractivity contribution in [1.82, 2.24) is 15.0 Å². The summed E-state index contributed by atoms with van der Waals surface area (Å²) in [6.45, 7) is 0. The first kappa shape index (κ1) is 32.9. The second-order valence-corrected chi connectivity index (χ2v) is 13.9. The van der Waals surface area contributed by atoms with Gasteiger partial charge in [-0.3, -0.25) is 0 Å². The van der Waals surface area contributed by atoms with E-state index >= 15 is 0 Å². The third-order valence-electron chi connectivity index (χ3n) is 10.7. The summed E-state index contributed by atoms with van der Waals surface area (Å²) in [5.74, 6) is 3.30. The molecular formula is C51H32N4O. The van der Waals surface area contributed by atoms with Gasteiger partial charge in [0.15, 0.2) is 17.5 Å². The molecule has 56 heavy (non-hydrogen) atoms. The summed E-state index contributed by atoms with van der Waals surface area (Å²) in [6.07, 6.45) is 0. The first-order chi connectivity index (χ1) is 27.7. The second-order valence-electron chi connectivity index (χ2n) is 13.9. The van der Waals surface area contributed by atoms with Crippen molar-refractivity contribution in [2.75, 3.05) is 0 Å². The number of fused-ring (bicyclic) bond motifs is 3. The molecule has 5 nitrogen and oxygen atoms in total. The third-order valence-corrected chi connectivity index (χ3v) is 10.7. The SMILES string of the molecule is N#Cc1ccc(-c2nc(-c3cccc(-c4ccc5c(c4)Oc4ccccc4C5(c4ccccc4)c4ccccc4)c3)nc(-c3ccc4ccccc4c3)n2)cc1. The smallest absolute Gasteiger partial charge is 0.164 e. The van der Waals surface area contributed by atoms with Crippen LogP contribution in [0.25, 0.3) is 56.1 Å². The number of rotatable bonds is 6. The van der Waals surface area contributed by atoms with E-state index in [1.807, 2.05) is 42.5 Å². The van der Waals surface area contributed by atoms with Crippen LogP contribution in [0.2, 0.25) is 0 Å². The summed E-state index contributed by atoms with van der Waals surface area (Å²) in [5.41, 5.74) is 9.10. The molecule has 0 bridgehead atoms. The molecule has 0 unspecified atom stereocenters. The molecule has 8 aromatic carbocycles. The van der Waals surface area contributed by atoms with Crippen molar-refractivity contribution >= 4 is 10.8 Å². The number of nitriles is 1. The molecule has 2 heterocycles. The van der Waals surface area contributed by atoms with Gasteiger partial charge in [-0.1, -0.05) is 146 Å². The predicted octanol–water partition coefficient (Wildman–Crippen LogP) is 12.1. The molecule has 0 N–H and O–H groups in total. The van der Waals surface area contributed by atoms with Crippen LogP contribution in [-0.4, -0.2) is 15.0 Å². The largest absolute Gasteiger partial charge is 0.457 e. The lowest BCUT2D eigenvalue weighted by Crippen LogP contribution is -2.34. The predicted molar refractivity (Wildman–Crippen MR) is 222 cm³/mol. The molecule has 262 valence electrons. The number of hydrogen-bond donors (Lipinski definition) is 0. The van der Waals surface area contributed by atoms with Gasteiger partial charge >= 0.3 is 0 Å². The summed E-state index contributed by atoms with van der Waals surface area (Å²) >= 11 is 0. The van der Waals surface area contributed by atoms with E-state index < -0.39 is 5.41 Å². The van der Waals surface area contributed by atoms with Gasteiger partial charge in [0.25, 0.3) is 0 Å². The first-order valence-corrected chi connectivity index (χ1v) is 18.6. The maximum atomic E-state index is 9.43. The zero-order chi connectivity index (χ0) is 37.5. The number of para-hydroxylation sites is 1. The van der Waals surface area contributed by atoms with Crippen LogP contribution in [-0.2, 0) is 5.41 Å². The number of benzene rings is 8. The van der Waals surface area contributed by atoms with Gasteiger partial charge in [-0.05, 0) is 81.6 Å². The van der Waals surface area contributed by atoms with Crippen molar-refractivity contribution in [3.63, 3.8) is 0 Å². The van der Waals surface area contributed by atoms with E-state index in [0.29, 0.717) is 23.0 Å². The van der Waals surface area contributed by atoms with Gasteiger partial charge < -0.3 is 4.74 Å². The number of nitrogens with zero attached hydrogens (tertiary/aromatic N) is 4. The second kappa shape index (κ2) is 13.6. The zero-order valence-corrected chi connectivity index (χ0v) is 30.2. The van der Waals surface area contributed by atoms with Gasteiger partial charge in [-0.2, -0.15) is 5.26 Å². The third kappa shape index (κ3) is 5.60. The van der Waals surface area contributed by atoms with Gasteiger partial charge in [-0.25, -0.2) is 15.0 Å². The van der Waals surface area contributed by atoms with Gasteiger partial charge in [0.1, 0.15) is 11.5 Å². The average Bonchev–Trinajstić information content (AvgIpc) is 3.28. The van der Waals surface area contributed by atoms with Crippen molar-refractivity contribution in [2.24, 2.45) is 0 Å². The Balaban J connectivity index is 1.11. The molecule has 0 radical (unpaired) electrons. The van der Waals surface area contributed by atoms with Crippen LogP contribution in [0.1, 0.15) is 27.8 Å². The molecule has 1 aliphatic rings. The molecule has 5 heteroatoms. The highest BCUT2D eigenvalue weighted by molar-refractivity contribution is 5.87. The van der Waals surface area contributed by atoms with Crippen LogP contribution in [0.15, 0.2) is 194 Å². The van der Waals surface area contributed by atoms with E-state index in [4.69, 9.17) is 19.7 Å². The Morgan fingerprint density at radius 1 is 0.393 bits per heavy atom. The van der Waals surface area contributed by atoms with Crippen molar-refractivity contribution < 1.29 is 4.74 Å². The number of ether oxygens (including phenoxy) is 1. The van der Waals surface area contributed by atoms with Gasteiger partial charge in [0, 0.05) is 27.8 Å². The Hall–Kier alpha value is -7.68. The highest BCUT2D eigenvalue weighted by Crippen LogP contribution is 2.55. The number of aromatic nitrogens is 3. The van der Waals surface area contributed by atoms with Crippen molar-refractivity contribution in [3.05, 3.63) is 222 Å². The van der Waals surface area contributed by atoms with E-state index in [1.165, 1.54) is 11.1 Å². The summed E-state index contributed by atoms with van der Waals surface area (Å²) in [6, 6.07) is 68.7. The fourth-order valence-electron chi connectivity index (χ4n) is 8.01. The normalized spacial score (nSPS) is 12.6. The standard InChI is InChI=1S/C51H32N4O/c52-33-34-22-24-36(25-23-34)48-53-49(55-50(54-48)41-27-26-35-12-7-8-13-37(35)30-41)40-15-11-14-38(31-40)39-28-29-45-47(32-39)56-46-21-10-9-20-44(46)51(45,42-16-3-1-4-17-42)43-18-5-2-6-19-43/h1-32H. The lowest BCUT2D eigenvalue weighted by molar-refractivity contribution is 0.435. The molecular weight excluding hydrogens is 685 g/mol. The van der Waals surface area contributed by atoms with Crippen molar-refractivity contribution in [3.8, 4) is 62.9 Å². The van der Waals surface area contributed by atoms with E-state index in [0.717, 1.165) is 61.2 Å². The van der Waals surface area contributed by atoms with Gasteiger partial charge in [-0.15, -0.1) is 0 Å². The maximum absolute atomic E-state index is 9.43. The minimum atomic E-state index is -0.584. The topological polar surface area (TPSA) is 71.7 Å². The lowest BCUT2D eigenvalue weighted by atomic mass is 9.63. The molecule has 0 saturated carbocycles. The Morgan fingerprint density at radius 2 is 0.929 bits per heavy atom. The Kier molecular flexibility index (Phi) is 8.01. The van der Waals surface area contributed by atoms with Crippen LogP contribution in [0.4, 0.5) is 0 Å². The molecule has 0 aliphatic carbocycles. The highest BCUT2D eigenvalue weighted by Gasteiger charge is 2.45. The van der Waals surface area contributed by atoms with Crippen LogP contribution < -0.4 is 4.74 Å². The Morgan fingerprint density at radius 3 is 1.64 bits per heavy atom. The zero-order valence-electron chi connectivity index (χ0n) is 30.2. The fourth-order valence-corrected chi connectivity index (χ4v) is 8.01. The summed E-state index contributed by atoms with van der Waals surface area (Å²) in [4.78, 5) is 15.0. The molecule has 0 saturated heterocycles. The molecule has 0 atom stereocenters. The lowest BCUT2D eigenvalue weighted by Gasteiger charge is -2.41. The van der Waals surface area contributed by atoms with Gasteiger partial charge in [0.05, 0.1) is 17.0 Å². The Bertz CT molecular complexity index is 2910. The van der Waals surface area contributed by atoms with E-state index in [1.54, 1.807) is 12.1 Å². The maximum Gasteiger partial charge on any atom is 0.164 e. The molecule has 9 aromatic rings. The van der Waals surface area contributed by atoms with Crippen molar-refractivity contribution in [2.45, 2.75) is 5.41 Å². The van der Waals surface area contributed by atoms with Crippen molar-refractivity contribution in [1.29, 1.82) is 5.26 Å². The van der Waals surface area contributed by atoms with Crippen LogP contribution in [0.5, 0.6) is 11.5 Å². The van der Waals surface area contributed by atoms with Gasteiger partial charge in [0.2, 0.25) is 0 Å². The first-order valence-electron chi connectivity index (χ1n) is 18.6. The minimum absolute atomic E-state index is 0.534. The number of hydrogen-bond acceptors (Lipinski definition) is 5. The molecule has 0 spiro atoms.